The molecule has 2 N–H and O–H groups in total. The van der Waals surface area contributed by atoms with E-state index < -0.39 is 6.04 Å². The predicted molar refractivity (Wildman–Crippen MR) is 64.1 cm³/mol. The van der Waals surface area contributed by atoms with Gasteiger partial charge in [-0.25, -0.2) is 0 Å². The van der Waals surface area contributed by atoms with Crippen molar-refractivity contribution >= 4 is 5.97 Å². The van der Waals surface area contributed by atoms with E-state index in [4.69, 9.17) is 10.5 Å². The third-order valence-electron chi connectivity index (χ3n) is 3.21. The number of rotatable bonds is 7. The zero-order valence-corrected chi connectivity index (χ0v) is 10.4. The minimum atomic E-state index is -0.469. The average Bonchev–Trinajstić information content (AvgIpc) is 2.20. The molecule has 1 fully saturated rings. The van der Waals surface area contributed by atoms with Gasteiger partial charge >= 0.3 is 5.97 Å². The van der Waals surface area contributed by atoms with Gasteiger partial charge in [0.05, 0.1) is 6.61 Å². The number of hydrogen-bond acceptors (Lipinski definition) is 4. The van der Waals surface area contributed by atoms with Crippen molar-refractivity contribution in [1.82, 2.24) is 4.90 Å². The van der Waals surface area contributed by atoms with Gasteiger partial charge in [-0.15, -0.1) is 0 Å². The van der Waals surface area contributed by atoms with Crippen LogP contribution in [-0.4, -0.2) is 43.7 Å². The number of nitrogens with two attached hydrogens (primary N) is 1. The van der Waals surface area contributed by atoms with E-state index in [0.717, 1.165) is 19.0 Å². The predicted octanol–water partition coefficient (Wildman–Crippen LogP) is 0.999. The van der Waals surface area contributed by atoms with Crippen molar-refractivity contribution < 1.29 is 9.53 Å². The summed E-state index contributed by atoms with van der Waals surface area (Å²) in [5.41, 5.74) is 5.73. The molecule has 0 aromatic heterocycles. The molecule has 1 unspecified atom stereocenters. The first-order valence-electron chi connectivity index (χ1n) is 6.24. The Morgan fingerprint density at radius 2 is 2.25 bits per heavy atom. The van der Waals surface area contributed by atoms with Crippen LogP contribution in [0.4, 0.5) is 0 Å². The molecule has 94 valence electrons. The second-order valence-corrected chi connectivity index (χ2v) is 4.71. The molecule has 4 heteroatoms. The smallest absolute Gasteiger partial charge is 0.322 e. The summed E-state index contributed by atoms with van der Waals surface area (Å²) in [5, 5.41) is 0. The Morgan fingerprint density at radius 3 is 2.75 bits per heavy atom. The first kappa shape index (κ1) is 13.5. The number of hydrogen-bond donors (Lipinski definition) is 1. The van der Waals surface area contributed by atoms with Crippen molar-refractivity contribution in [2.45, 2.75) is 38.6 Å². The van der Waals surface area contributed by atoms with Gasteiger partial charge in [0.25, 0.3) is 0 Å². The monoisotopic (exact) mass is 228 g/mol. The van der Waals surface area contributed by atoms with Gasteiger partial charge < -0.3 is 15.4 Å². The van der Waals surface area contributed by atoms with Gasteiger partial charge in [-0.2, -0.15) is 0 Å². The van der Waals surface area contributed by atoms with Crippen LogP contribution < -0.4 is 5.73 Å². The van der Waals surface area contributed by atoms with Gasteiger partial charge in [-0.1, -0.05) is 6.42 Å². The Morgan fingerprint density at radius 1 is 1.56 bits per heavy atom. The van der Waals surface area contributed by atoms with E-state index >= 15 is 0 Å². The summed E-state index contributed by atoms with van der Waals surface area (Å²) in [6.45, 7) is 4.21. The molecule has 0 amide bonds. The van der Waals surface area contributed by atoms with E-state index in [2.05, 4.69) is 11.9 Å². The maximum absolute atomic E-state index is 11.3. The van der Waals surface area contributed by atoms with Gasteiger partial charge in [-0.05, 0) is 45.7 Å². The minimum absolute atomic E-state index is 0.278. The second-order valence-electron chi connectivity index (χ2n) is 4.71. The highest BCUT2D eigenvalue weighted by molar-refractivity contribution is 5.75. The van der Waals surface area contributed by atoms with Crippen molar-refractivity contribution in [2.24, 2.45) is 11.7 Å². The molecular weight excluding hydrogens is 204 g/mol. The standard InChI is InChI=1S/C12H24N2O2/c1-3-16-12(15)11(13)7-8-14(2)9-10-5-4-6-10/h10-11H,3-9,13H2,1-2H3. The summed E-state index contributed by atoms with van der Waals surface area (Å²) in [7, 11) is 2.09. The molecule has 0 aromatic carbocycles. The van der Waals surface area contributed by atoms with E-state index in [-0.39, 0.29) is 5.97 Å². The molecule has 1 rings (SSSR count). The molecule has 0 spiro atoms. The number of ether oxygens (including phenoxy) is 1. The molecule has 1 aliphatic rings. The SMILES string of the molecule is CCOC(=O)C(N)CCN(C)CC1CCC1. The third-order valence-corrected chi connectivity index (χ3v) is 3.21. The van der Waals surface area contributed by atoms with Crippen molar-refractivity contribution in [2.75, 3.05) is 26.7 Å². The Hall–Kier alpha value is -0.610. The van der Waals surface area contributed by atoms with Crippen molar-refractivity contribution in [1.29, 1.82) is 0 Å². The summed E-state index contributed by atoms with van der Waals surface area (Å²) in [5.74, 6) is 0.586. The maximum atomic E-state index is 11.3. The van der Waals surface area contributed by atoms with Gasteiger partial charge in [0.2, 0.25) is 0 Å². The molecular formula is C12H24N2O2. The zero-order valence-electron chi connectivity index (χ0n) is 10.4. The molecule has 0 radical (unpaired) electrons. The lowest BCUT2D eigenvalue weighted by molar-refractivity contribution is -0.144. The first-order chi connectivity index (χ1) is 7.63. The Balaban J connectivity index is 2.09. The van der Waals surface area contributed by atoms with Crippen LogP contribution in [-0.2, 0) is 9.53 Å². The number of esters is 1. The van der Waals surface area contributed by atoms with E-state index in [1.54, 1.807) is 6.92 Å². The van der Waals surface area contributed by atoms with Crippen molar-refractivity contribution in [3.8, 4) is 0 Å². The van der Waals surface area contributed by atoms with E-state index in [0.29, 0.717) is 13.0 Å². The van der Waals surface area contributed by atoms with Crippen LogP contribution in [0, 0.1) is 5.92 Å². The lowest BCUT2D eigenvalue weighted by Gasteiger charge is -2.30. The molecule has 0 heterocycles. The molecule has 4 nitrogen and oxygen atoms in total. The fourth-order valence-corrected chi connectivity index (χ4v) is 1.93. The fraction of sp³-hybridized carbons (Fsp3) is 0.917. The molecule has 0 bridgehead atoms. The molecule has 16 heavy (non-hydrogen) atoms. The van der Waals surface area contributed by atoms with Gasteiger partial charge in [0.1, 0.15) is 6.04 Å². The zero-order chi connectivity index (χ0) is 12.0. The Bertz CT molecular complexity index is 217. The normalized spacial score (nSPS) is 18.2. The highest BCUT2D eigenvalue weighted by Crippen LogP contribution is 2.26. The molecule has 1 aliphatic carbocycles. The average molecular weight is 228 g/mol. The van der Waals surface area contributed by atoms with Gasteiger partial charge in [-0.3, -0.25) is 4.79 Å². The van der Waals surface area contributed by atoms with Crippen LogP contribution in [0.25, 0.3) is 0 Å². The van der Waals surface area contributed by atoms with Crippen LogP contribution in [0.15, 0.2) is 0 Å². The minimum Gasteiger partial charge on any atom is -0.465 e. The highest BCUT2D eigenvalue weighted by Gasteiger charge is 2.20. The van der Waals surface area contributed by atoms with Crippen LogP contribution in [0.5, 0.6) is 0 Å². The fourth-order valence-electron chi connectivity index (χ4n) is 1.93. The summed E-state index contributed by atoms with van der Waals surface area (Å²) >= 11 is 0. The highest BCUT2D eigenvalue weighted by atomic mass is 16.5. The van der Waals surface area contributed by atoms with Crippen molar-refractivity contribution in [3.63, 3.8) is 0 Å². The molecule has 0 aliphatic heterocycles. The largest absolute Gasteiger partial charge is 0.465 e. The lowest BCUT2D eigenvalue weighted by Crippen LogP contribution is -2.37. The van der Waals surface area contributed by atoms with Crippen LogP contribution in [0.1, 0.15) is 32.6 Å². The van der Waals surface area contributed by atoms with Gasteiger partial charge in [0.15, 0.2) is 0 Å². The molecule has 1 atom stereocenters. The summed E-state index contributed by atoms with van der Waals surface area (Å²) in [6, 6.07) is -0.469. The Labute approximate surface area is 98.1 Å². The van der Waals surface area contributed by atoms with E-state index in [1.807, 2.05) is 0 Å². The Kier molecular flexibility index (Phi) is 5.77. The van der Waals surface area contributed by atoms with Gasteiger partial charge in [0, 0.05) is 6.54 Å². The van der Waals surface area contributed by atoms with Crippen LogP contribution in [0.3, 0.4) is 0 Å². The first-order valence-corrected chi connectivity index (χ1v) is 6.24. The number of carbonyl (C=O) groups excluding carboxylic acids is 1. The van der Waals surface area contributed by atoms with Crippen LogP contribution in [0.2, 0.25) is 0 Å². The molecule has 0 aromatic rings. The quantitative estimate of drug-likeness (QED) is 0.660. The van der Waals surface area contributed by atoms with E-state index in [9.17, 15) is 4.79 Å². The summed E-state index contributed by atoms with van der Waals surface area (Å²) in [4.78, 5) is 13.5. The van der Waals surface area contributed by atoms with E-state index in [1.165, 1.54) is 19.3 Å². The summed E-state index contributed by atoms with van der Waals surface area (Å²) < 4.78 is 4.87. The summed E-state index contributed by atoms with van der Waals surface area (Å²) in [6.07, 6.45) is 4.77. The molecule has 1 saturated carbocycles. The number of carbonyl (C=O) groups is 1. The maximum Gasteiger partial charge on any atom is 0.322 e. The molecule has 0 saturated heterocycles. The third kappa shape index (κ3) is 4.49. The second kappa shape index (κ2) is 6.86. The van der Waals surface area contributed by atoms with Crippen LogP contribution >= 0.6 is 0 Å². The topological polar surface area (TPSA) is 55.6 Å². The lowest BCUT2D eigenvalue weighted by atomic mass is 9.85. The number of nitrogens with zero attached hydrogens (tertiary/aromatic N) is 1. The van der Waals surface area contributed by atoms with Crippen molar-refractivity contribution in [3.05, 3.63) is 0 Å².